The molecule has 0 spiro atoms. The molecule has 0 aliphatic rings. The monoisotopic (exact) mass is 255 g/mol. The second-order valence-corrected chi connectivity index (χ2v) is 3.30. The lowest BCUT2D eigenvalue weighted by atomic mass is 10.3. The third-order valence-electron chi connectivity index (χ3n) is 1.85. The molecule has 0 heterocycles. The number of guanidine groups is 1. The fourth-order valence-corrected chi connectivity index (χ4v) is 0.828. The Morgan fingerprint density at radius 1 is 1.17 bits per heavy atom. The van der Waals surface area contributed by atoms with E-state index in [9.17, 15) is 0 Å². The zero-order valence-corrected chi connectivity index (χ0v) is 12.3. The van der Waals surface area contributed by atoms with E-state index in [-0.39, 0.29) is 0 Å². The molecule has 104 valence electrons. The molecule has 0 aliphatic heterocycles. The highest BCUT2D eigenvalue weighted by Gasteiger charge is 1.89. The van der Waals surface area contributed by atoms with Crippen LogP contribution in [-0.2, 0) is 0 Å². The molecular weight excluding hydrogens is 228 g/mol. The van der Waals surface area contributed by atoms with E-state index in [1.54, 1.807) is 30.9 Å². The summed E-state index contributed by atoms with van der Waals surface area (Å²) in [6.07, 6.45) is 0. The molecule has 0 radical (unpaired) electrons. The highest BCUT2D eigenvalue weighted by Crippen LogP contribution is 2.11. The topological polar surface area (TPSA) is 76.3 Å². The molecule has 0 bridgehead atoms. The smallest absolute Gasteiger partial charge is 0.342 e. The summed E-state index contributed by atoms with van der Waals surface area (Å²) in [5, 5.41) is 2.78. The third kappa shape index (κ3) is 9.33. The maximum Gasteiger partial charge on any atom is 0.342 e. The van der Waals surface area contributed by atoms with Gasteiger partial charge < -0.3 is 10.5 Å². The van der Waals surface area contributed by atoms with Crippen molar-refractivity contribution < 1.29 is 9.31 Å². The third-order valence-corrected chi connectivity index (χ3v) is 1.85. The maximum absolute atomic E-state index is 5.43. The Morgan fingerprint density at radius 3 is 1.83 bits per heavy atom. The molecule has 0 amide bonds. The van der Waals surface area contributed by atoms with Gasteiger partial charge in [0.15, 0.2) is 0 Å². The van der Waals surface area contributed by atoms with E-state index >= 15 is 0 Å². The number of nitrogen functional groups attached to an aromatic ring is 1. The number of nitrogens with one attached hydrogen (secondary N) is 1. The van der Waals surface area contributed by atoms with Crippen LogP contribution in [0.25, 0.3) is 0 Å². The molecule has 5 heteroatoms. The summed E-state index contributed by atoms with van der Waals surface area (Å²) in [4.78, 5) is 0. The molecule has 0 saturated carbocycles. The Morgan fingerprint density at radius 2 is 1.61 bits per heavy atom. The van der Waals surface area contributed by atoms with Gasteiger partial charge in [-0.1, -0.05) is 13.8 Å². The number of anilines is 1. The Labute approximate surface area is 110 Å². The first-order chi connectivity index (χ1) is 8.51. The van der Waals surface area contributed by atoms with Crippen LogP contribution in [0.3, 0.4) is 0 Å². The van der Waals surface area contributed by atoms with Gasteiger partial charge in [-0.15, -0.1) is 0 Å². The molecule has 1 aromatic rings. The first-order valence-corrected chi connectivity index (χ1v) is 5.88. The number of hydrogen-bond acceptors (Lipinski definition) is 2. The van der Waals surface area contributed by atoms with Gasteiger partial charge in [0, 0.05) is 5.69 Å². The van der Waals surface area contributed by atoms with Crippen molar-refractivity contribution in [2.24, 2.45) is 5.73 Å². The quantitative estimate of drug-likeness (QED) is 0.304. The molecule has 5 nitrogen and oxygen atoms in total. The van der Waals surface area contributed by atoms with Gasteiger partial charge in [0.05, 0.1) is 28.3 Å². The molecule has 0 atom stereocenters. The average molecular weight is 255 g/mol. The van der Waals surface area contributed by atoms with Crippen molar-refractivity contribution >= 4 is 11.6 Å². The van der Waals surface area contributed by atoms with E-state index < -0.39 is 0 Å². The Hall–Kier alpha value is -1.91. The molecule has 1 rings (SSSR count). The van der Waals surface area contributed by atoms with Crippen molar-refractivity contribution in [3.8, 4) is 5.75 Å². The Balaban J connectivity index is 0. The van der Waals surface area contributed by atoms with E-state index in [2.05, 4.69) is 5.32 Å². The number of benzene rings is 1. The van der Waals surface area contributed by atoms with Gasteiger partial charge in [0.2, 0.25) is 0 Å². The largest absolute Gasteiger partial charge is 0.497 e. The van der Waals surface area contributed by atoms with Crippen LogP contribution in [0.2, 0.25) is 0 Å². The summed E-state index contributed by atoms with van der Waals surface area (Å²) in [5.74, 6) is 1.52. The highest BCUT2D eigenvalue weighted by atomic mass is 16.5. The van der Waals surface area contributed by atoms with Crippen LogP contribution in [-0.4, -0.2) is 38.8 Å². The number of nitrogens with two attached hydrogens (primary N) is 2. The van der Waals surface area contributed by atoms with Crippen molar-refractivity contribution in [3.63, 3.8) is 0 Å². The molecular formula is C13H27N4O+. The lowest BCUT2D eigenvalue weighted by Crippen LogP contribution is -2.35. The fraction of sp³-hybridized carbons (Fsp3) is 0.462. The van der Waals surface area contributed by atoms with E-state index in [0.717, 1.165) is 11.4 Å². The molecule has 0 unspecified atom stereocenters. The normalized spacial score (nSPS) is 7.89. The lowest BCUT2D eigenvalue weighted by molar-refractivity contribution is -0.467. The second kappa shape index (κ2) is 11.6. The fourth-order valence-electron chi connectivity index (χ4n) is 0.828. The van der Waals surface area contributed by atoms with Crippen molar-refractivity contribution in [3.05, 3.63) is 24.3 Å². The minimum Gasteiger partial charge on any atom is -0.497 e. The molecule has 5 N–H and O–H groups in total. The predicted molar refractivity (Wildman–Crippen MR) is 79.1 cm³/mol. The first-order valence-electron chi connectivity index (χ1n) is 5.88. The summed E-state index contributed by atoms with van der Waals surface area (Å²) in [6, 6.07) is 7.27. The zero-order chi connectivity index (χ0) is 14.6. The molecule has 0 fully saturated rings. The van der Waals surface area contributed by atoms with Gasteiger partial charge in [0.1, 0.15) is 5.75 Å². The number of ether oxygens (including phenoxy) is 1. The van der Waals surface area contributed by atoms with Gasteiger partial charge in [0.25, 0.3) is 0 Å². The maximum atomic E-state index is 5.43. The second-order valence-electron chi connectivity index (χ2n) is 3.30. The standard InChI is InChI=1S/C7H9NO.C4H11N3.C2H6/c1-9-7-4-2-6(8)3-5-7;1-6-4(5)7(2)3;1-2/h2-5H,8H2,1H3;1-3H3,(H2,5,6);1-2H3/p+1. The number of nitrogens with zero attached hydrogens (tertiary/aromatic N) is 1. The SMILES string of the molecule is CC.CNC(N)=[N+](C)C.COc1ccc(N)cc1. The molecule has 0 saturated heterocycles. The van der Waals surface area contributed by atoms with Crippen LogP contribution in [0.15, 0.2) is 24.3 Å². The minimum absolute atomic E-state index is 0.681. The van der Waals surface area contributed by atoms with Gasteiger partial charge in [-0.25, -0.2) is 0 Å². The van der Waals surface area contributed by atoms with Crippen molar-refractivity contribution in [1.82, 2.24) is 5.32 Å². The van der Waals surface area contributed by atoms with E-state index in [4.69, 9.17) is 16.2 Å². The van der Waals surface area contributed by atoms with Crippen molar-refractivity contribution in [2.75, 3.05) is 34.0 Å². The Bertz CT molecular complexity index is 329. The summed E-state index contributed by atoms with van der Waals surface area (Å²) in [7, 11) is 7.18. The van der Waals surface area contributed by atoms with Gasteiger partial charge >= 0.3 is 5.96 Å². The van der Waals surface area contributed by atoms with Crippen LogP contribution in [0, 0.1) is 0 Å². The van der Waals surface area contributed by atoms with E-state index in [1.165, 1.54) is 0 Å². The zero-order valence-electron chi connectivity index (χ0n) is 12.3. The lowest BCUT2D eigenvalue weighted by Gasteiger charge is -1.97. The molecule has 18 heavy (non-hydrogen) atoms. The van der Waals surface area contributed by atoms with Gasteiger partial charge in [-0.05, 0) is 24.3 Å². The van der Waals surface area contributed by atoms with Crippen LogP contribution in [0.1, 0.15) is 13.8 Å². The van der Waals surface area contributed by atoms with Crippen LogP contribution < -0.4 is 21.5 Å². The van der Waals surface area contributed by atoms with E-state index in [1.807, 2.05) is 40.1 Å². The van der Waals surface area contributed by atoms with Gasteiger partial charge in [-0.2, -0.15) is 0 Å². The highest BCUT2D eigenvalue weighted by molar-refractivity contribution is 5.71. The predicted octanol–water partition coefficient (Wildman–Crippen LogP) is 1.10. The summed E-state index contributed by atoms with van der Waals surface area (Å²) >= 11 is 0. The summed E-state index contributed by atoms with van der Waals surface area (Å²) < 4.78 is 6.72. The van der Waals surface area contributed by atoms with E-state index in [0.29, 0.717) is 5.96 Å². The first kappa shape index (κ1) is 18.5. The minimum atomic E-state index is 0.681. The number of rotatable bonds is 1. The van der Waals surface area contributed by atoms with Crippen molar-refractivity contribution in [2.45, 2.75) is 13.8 Å². The van der Waals surface area contributed by atoms with Crippen LogP contribution in [0.5, 0.6) is 5.75 Å². The Kier molecular flexibility index (Phi) is 11.9. The molecule has 0 aliphatic carbocycles. The molecule has 1 aromatic carbocycles. The van der Waals surface area contributed by atoms with Crippen LogP contribution in [0.4, 0.5) is 5.69 Å². The summed E-state index contributed by atoms with van der Waals surface area (Å²) in [5.41, 5.74) is 11.5. The summed E-state index contributed by atoms with van der Waals surface area (Å²) in [6.45, 7) is 4.00. The average Bonchev–Trinajstić information content (AvgIpc) is 2.41. The van der Waals surface area contributed by atoms with Crippen molar-refractivity contribution in [1.29, 1.82) is 0 Å². The molecule has 0 aromatic heterocycles. The van der Waals surface area contributed by atoms with Crippen LogP contribution >= 0.6 is 0 Å². The van der Waals surface area contributed by atoms with Gasteiger partial charge in [-0.3, -0.25) is 15.6 Å². The number of hydrogen-bond donors (Lipinski definition) is 3. The number of methoxy groups -OCH3 is 1.